The highest BCUT2D eigenvalue weighted by Gasteiger charge is 2.40. The molecular formula is C14H25NO2S. The zero-order valence-electron chi connectivity index (χ0n) is 11.3. The molecule has 0 saturated heterocycles. The smallest absolute Gasteiger partial charge is 0.151 e. The van der Waals surface area contributed by atoms with Gasteiger partial charge in [-0.3, -0.25) is 0 Å². The van der Waals surface area contributed by atoms with Crippen molar-refractivity contribution in [1.82, 2.24) is 5.32 Å². The summed E-state index contributed by atoms with van der Waals surface area (Å²) < 4.78 is 23.5. The first-order chi connectivity index (χ1) is 8.54. The molecule has 0 aromatic carbocycles. The normalized spacial score (nSPS) is 43.7. The molecule has 0 aliphatic heterocycles. The maximum absolute atomic E-state index is 11.7. The Morgan fingerprint density at radius 3 is 2.56 bits per heavy atom. The average molecular weight is 271 g/mol. The van der Waals surface area contributed by atoms with E-state index in [1.54, 1.807) is 0 Å². The van der Waals surface area contributed by atoms with Gasteiger partial charge in [0.2, 0.25) is 0 Å². The van der Waals surface area contributed by atoms with Crippen LogP contribution in [-0.2, 0) is 9.84 Å². The van der Waals surface area contributed by atoms with Gasteiger partial charge in [-0.1, -0.05) is 12.8 Å². The van der Waals surface area contributed by atoms with Crippen LogP contribution >= 0.6 is 0 Å². The fraction of sp³-hybridized carbons (Fsp3) is 1.00. The Hall–Kier alpha value is -0.0900. The van der Waals surface area contributed by atoms with Crippen molar-refractivity contribution < 1.29 is 8.42 Å². The van der Waals surface area contributed by atoms with Crippen LogP contribution < -0.4 is 5.32 Å². The SMILES string of the molecule is CS(=O)(=O)C1CCCC1NCC1CC2CCC1C2. The molecule has 3 fully saturated rings. The molecule has 3 aliphatic rings. The Morgan fingerprint density at radius 1 is 1.11 bits per heavy atom. The highest BCUT2D eigenvalue weighted by atomic mass is 32.2. The van der Waals surface area contributed by atoms with Crippen LogP contribution in [-0.4, -0.2) is 32.5 Å². The first kappa shape index (κ1) is 12.9. The molecule has 0 aromatic heterocycles. The lowest BCUT2D eigenvalue weighted by molar-refractivity contribution is 0.306. The van der Waals surface area contributed by atoms with Gasteiger partial charge in [-0.15, -0.1) is 0 Å². The van der Waals surface area contributed by atoms with Crippen molar-refractivity contribution in [1.29, 1.82) is 0 Å². The summed E-state index contributed by atoms with van der Waals surface area (Å²) in [6.45, 7) is 1.05. The van der Waals surface area contributed by atoms with Gasteiger partial charge in [0, 0.05) is 12.3 Å². The minimum Gasteiger partial charge on any atom is -0.312 e. The minimum absolute atomic E-state index is 0.129. The maximum atomic E-state index is 11.7. The number of sulfone groups is 1. The number of hydrogen-bond acceptors (Lipinski definition) is 3. The van der Waals surface area contributed by atoms with Crippen LogP contribution in [0.2, 0.25) is 0 Å². The van der Waals surface area contributed by atoms with E-state index >= 15 is 0 Å². The summed E-state index contributed by atoms with van der Waals surface area (Å²) in [4.78, 5) is 0. The van der Waals surface area contributed by atoms with Crippen LogP contribution in [0, 0.1) is 17.8 Å². The monoisotopic (exact) mass is 271 g/mol. The van der Waals surface area contributed by atoms with Gasteiger partial charge in [-0.05, 0) is 56.4 Å². The zero-order valence-corrected chi connectivity index (χ0v) is 12.1. The van der Waals surface area contributed by atoms with E-state index in [0.717, 1.165) is 43.6 Å². The van der Waals surface area contributed by atoms with Gasteiger partial charge >= 0.3 is 0 Å². The Bertz CT molecular complexity index is 406. The molecule has 0 radical (unpaired) electrons. The molecular weight excluding hydrogens is 246 g/mol. The van der Waals surface area contributed by atoms with E-state index in [0.29, 0.717) is 0 Å². The Labute approximate surface area is 111 Å². The van der Waals surface area contributed by atoms with Crippen molar-refractivity contribution >= 4 is 9.84 Å². The second-order valence-corrected chi connectivity index (χ2v) is 9.01. The molecule has 5 atom stereocenters. The minimum atomic E-state index is -2.87. The largest absolute Gasteiger partial charge is 0.312 e. The van der Waals surface area contributed by atoms with Crippen LogP contribution in [0.15, 0.2) is 0 Å². The third kappa shape index (κ3) is 2.46. The molecule has 2 bridgehead atoms. The first-order valence-corrected chi connectivity index (χ1v) is 9.41. The topological polar surface area (TPSA) is 46.2 Å². The van der Waals surface area contributed by atoms with Crippen molar-refractivity contribution in [2.45, 2.75) is 56.2 Å². The van der Waals surface area contributed by atoms with Crippen molar-refractivity contribution in [3.05, 3.63) is 0 Å². The van der Waals surface area contributed by atoms with Crippen molar-refractivity contribution in [3.8, 4) is 0 Å². The Kier molecular flexibility index (Phi) is 3.43. The highest BCUT2D eigenvalue weighted by molar-refractivity contribution is 7.91. The number of hydrogen-bond donors (Lipinski definition) is 1. The number of fused-ring (bicyclic) bond motifs is 2. The maximum Gasteiger partial charge on any atom is 0.151 e. The highest BCUT2D eigenvalue weighted by Crippen LogP contribution is 2.48. The van der Waals surface area contributed by atoms with Crippen LogP contribution in [0.1, 0.15) is 44.9 Å². The molecule has 3 aliphatic carbocycles. The molecule has 0 heterocycles. The van der Waals surface area contributed by atoms with Gasteiger partial charge in [0.25, 0.3) is 0 Å². The molecule has 3 nitrogen and oxygen atoms in total. The Morgan fingerprint density at radius 2 is 1.94 bits per heavy atom. The quantitative estimate of drug-likeness (QED) is 0.850. The molecule has 104 valence electrons. The molecule has 3 rings (SSSR count). The van der Waals surface area contributed by atoms with Crippen molar-refractivity contribution in [2.75, 3.05) is 12.8 Å². The standard InChI is InChI=1S/C14H25NO2S/c1-18(16,17)14-4-2-3-13(14)15-9-12-8-10-5-6-11(12)7-10/h10-15H,2-9H2,1H3. The van der Waals surface area contributed by atoms with Gasteiger partial charge in [0.15, 0.2) is 9.84 Å². The third-order valence-electron chi connectivity index (χ3n) is 5.53. The summed E-state index contributed by atoms with van der Waals surface area (Å²) in [5.74, 6) is 2.74. The van der Waals surface area contributed by atoms with Gasteiger partial charge < -0.3 is 5.32 Å². The third-order valence-corrected chi connectivity index (χ3v) is 7.19. The van der Waals surface area contributed by atoms with Gasteiger partial charge in [0.1, 0.15) is 0 Å². The van der Waals surface area contributed by atoms with Crippen molar-refractivity contribution in [2.24, 2.45) is 17.8 Å². The van der Waals surface area contributed by atoms with E-state index in [9.17, 15) is 8.42 Å². The molecule has 0 amide bonds. The fourth-order valence-corrected chi connectivity index (χ4v) is 6.03. The van der Waals surface area contributed by atoms with Crippen LogP contribution in [0.4, 0.5) is 0 Å². The van der Waals surface area contributed by atoms with Crippen LogP contribution in [0.25, 0.3) is 0 Å². The van der Waals surface area contributed by atoms with Crippen LogP contribution in [0.5, 0.6) is 0 Å². The summed E-state index contributed by atoms with van der Waals surface area (Å²) in [5.41, 5.74) is 0. The molecule has 5 unspecified atom stereocenters. The van der Waals surface area contributed by atoms with Crippen LogP contribution in [0.3, 0.4) is 0 Å². The predicted molar refractivity (Wildman–Crippen MR) is 73.2 cm³/mol. The lowest BCUT2D eigenvalue weighted by Gasteiger charge is -2.26. The van der Waals surface area contributed by atoms with Gasteiger partial charge in [-0.2, -0.15) is 0 Å². The van der Waals surface area contributed by atoms with Gasteiger partial charge in [0.05, 0.1) is 5.25 Å². The lowest BCUT2D eigenvalue weighted by atomic mass is 9.88. The van der Waals surface area contributed by atoms with Crippen molar-refractivity contribution in [3.63, 3.8) is 0 Å². The van der Waals surface area contributed by atoms with E-state index in [2.05, 4.69) is 5.32 Å². The van der Waals surface area contributed by atoms with E-state index in [1.165, 1.54) is 31.9 Å². The molecule has 4 heteroatoms. The van der Waals surface area contributed by atoms with E-state index in [1.807, 2.05) is 0 Å². The molecule has 3 saturated carbocycles. The predicted octanol–water partition coefficient (Wildman–Crippen LogP) is 1.98. The first-order valence-electron chi connectivity index (χ1n) is 7.46. The number of nitrogens with one attached hydrogen (secondary N) is 1. The molecule has 0 aromatic rings. The zero-order chi connectivity index (χ0) is 12.8. The fourth-order valence-electron chi connectivity index (χ4n) is 4.60. The Balaban J connectivity index is 1.54. The van der Waals surface area contributed by atoms with E-state index in [4.69, 9.17) is 0 Å². The summed E-state index contributed by atoms with van der Waals surface area (Å²) in [6.07, 6.45) is 10.0. The molecule has 0 spiro atoms. The second-order valence-electron chi connectivity index (χ2n) is 6.75. The summed E-state index contributed by atoms with van der Waals surface area (Å²) >= 11 is 0. The summed E-state index contributed by atoms with van der Waals surface area (Å²) in [5, 5.41) is 3.46. The second kappa shape index (κ2) is 4.78. The lowest BCUT2D eigenvalue weighted by Crippen LogP contribution is -2.42. The van der Waals surface area contributed by atoms with E-state index in [-0.39, 0.29) is 11.3 Å². The van der Waals surface area contributed by atoms with E-state index < -0.39 is 9.84 Å². The summed E-state index contributed by atoms with van der Waals surface area (Å²) in [6, 6.07) is 0.221. The molecule has 1 N–H and O–H groups in total. The summed E-state index contributed by atoms with van der Waals surface area (Å²) in [7, 11) is -2.87. The molecule has 18 heavy (non-hydrogen) atoms. The number of rotatable bonds is 4. The van der Waals surface area contributed by atoms with Gasteiger partial charge in [-0.25, -0.2) is 8.42 Å². The average Bonchev–Trinajstić information content (AvgIpc) is 3.00.